The molecule has 0 saturated heterocycles. The summed E-state index contributed by atoms with van der Waals surface area (Å²) < 4.78 is 0. The number of thiazole rings is 1. The number of aryl methyl sites for hydroxylation is 1. The van der Waals surface area contributed by atoms with E-state index in [1.165, 1.54) is 42.8 Å². The lowest BCUT2D eigenvalue weighted by Crippen LogP contribution is -2.21. The minimum Gasteiger partial charge on any atom is -0.312 e. The molecule has 1 saturated carbocycles. The minimum absolute atomic E-state index is 0.445. The lowest BCUT2D eigenvalue weighted by molar-refractivity contribution is 0.488. The molecule has 1 atom stereocenters. The second-order valence-corrected chi connectivity index (χ2v) is 6.21. The topological polar surface area (TPSA) is 24.9 Å². The first-order valence-corrected chi connectivity index (χ1v) is 6.72. The number of nitrogens with one attached hydrogen (secondary N) is 1. The highest BCUT2D eigenvalue weighted by atomic mass is 32.1. The largest absolute Gasteiger partial charge is 0.312 e. The summed E-state index contributed by atoms with van der Waals surface area (Å²) in [5.41, 5.74) is 1.80. The zero-order valence-electron chi connectivity index (χ0n) is 9.47. The number of hydrogen-bond acceptors (Lipinski definition) is 3. The Bertz CT molecular complexity index is 379. The van der Waals surface area contributed by atoms with Crippen LogP contribution in [-0.2, 0) is 11.8 Å². The van der Waals surface area contributed by atoms with Crippen LogP contribution in [0.3, 0.4) is 0 Å². The predicted molar refractivity (Wildman–Crippen MR) is 63.4 cm³/mol. The lowest BCUT2D eigenvalue weighted by Gasteiger charge is -2.19. The molecule has 82 valence electrons. The van der Waals surface area contributed by atoms with Crippen LogP contribution in [0.4, 0.5) is 0 Å². The van der Waals surface area contributed by atoms with E-state index in [0.29, 0.717) is 11.5 Å². The van der Waals surface area contributed by atoms with E-state index in [4.69, 9.17) is 4.98 Å². The lowest BCUT2D eigenvalue weighted by atomic mass is 9.98. The van der Waals surface area contributed by atoms with Crippen LogP contribution in [0.2, 0.25) is 0 Å². The van der Waals surface area contributed by atoms with Gasteiger partial charge in [0.15, 0.2) is 0 Å². The van der Waals surface area contributed by atoms with Crippen LogP contribution in [0.25, 0.3) is 0 Å². The molecule has 0 amide bonds. The second kappa shape index (κ2) is 3.29. The van der Waals surface area contributed by atoms with Crippen LogP contribution in [0.1, 0.15) is 54.2 Å². The molecule has 2 nitrogen and oxygen atoms in total. The molecule has 0 aromatic carbocycles. The maximum absolute atomic E-state index is 4.89. The first-order chi connectivity index (χ1) is 7.23. The Morgan fingerprint density at radius 3 is 2.93 bits per heavy atom. The summed E-state index contributed by atoms with van der Waals surface area (Å²) >= 11 is 1.97. The monoisotopic (exact) mass is 222 g/mol. The Labute approximate surface area is 95.1 Å². The van der Waals surface area contributed by atoms with Crippen molar-refractivity contribution in [2.75, 3.05) is 7.05 Å². The summed E-state index contributed by atoms with van der Waals surface area (Å²) in [6, 6.07) is 0.515. The molecule has 1 N–H and O–H groups in total. The van der Waals surface area contributed by atoms with Gasteiger partial charge in [-0.25, -0.2) is 4.98 Å². The van der Waals surface area contributed by atoms with Gasteiger partial charge >= 0.3 is 0 Å². The molecular weight excluding hydrogens is 204 g/mol. The number of hydrogen-bond donors (Lipinski definition) is 1. The Balaban J connectivity index is 1.98. The summed E-state index contributed by atoms with van der Waals surface area (Å²) in [5, 5.41) is 4.79. The third-order valence-electron chi connectivity index (χ3n) is 3.82. The molecule has 0 radical (unpaired) electrons. The van der Waals surface area contributed by atoms with E-state index < -0.39 is 0 Å². The first-order valence-electron chi connectivity index (χ1n) is 5.90. The summed E-state index contributed by atoms with van der Waals surface area (Å²) in [6.45, 7) is 2.35. The van der Waals surface area contributed by atoms with Crippen LogP contribution < -0.4 is 5.32 Å². The second-order valence-electron chi connectivity index (χ2n) is 5.12. The molecule has 1 heterocycles. The quantitative estimate of drug-likeness (QED) is 0.832. The highest BCUT2D eigenvalue weighted by Gasteiger charge is 2.43. The van der Waals surface area contributed by atoms with E-state index in [9.17, 15) is 0 Å². The Hall–Kier alpha value is -0.410. The Morgan fingerprint density at radius 2 is 2.27 bits per heavy atom. The van der Waals surface area contributed by atoms with E-state index in [1.807, 2.05) is 11.3 Å². The van der Waals surface area contributed by atoms with Gasteiger partial charge in [0.05, 0.1) is 16.7 Å². The van der Waals surface area contributed by atoms with Crippen molar-refractivity contribution >= 4 is 11.3 Å². The van der Waals surface area contributed by atoms with Gasteiger partial charge in [-0.1, -0.05) is 6.92 Å². The molecule has 0 aliphatic heterocycles. The molecule has 0 bridgehead atoms. The van der Waals surface area contributed by atoms with Crippen molar-refractivity contribution in [1.82, 2.24) is 10.3 Å². The highest BCUT2D eigenvalue weighted by Crippen LogP contribution is 2.50. The van der Waals surface area contributed by atoms with Gasteiger partial charge in [-0.05, 0) is 39.2 Å². The third-order valence-corrected chi connectivity index (χ3v) is 5.26. The molecule has 1 aromatic heterocycles. The Morgan fingerprint density at radius 1 is 1.47 bits per heavy atom. The molecular formula is C12H18N2S. The summed E-state index contributed by atoms with van der Waals surface area (Å²) in [7, 11) is 2.05. The summed E-state index contributed by atoms with van der Waals surface area (Å²) in [5.74, 6) is 0. The van der Waals surface area contributed by atoms with Gasteiger partial charge in [-0.15, -0.1) is 11.3 Å². The number of fused-ring (bicyclic) bond motifs is 1. The average Bonchev–Trinajstić information content (AvgIpc) is 2.84. The SMILES string of the molecule is CNC1CCCc2sc(C3(C)CC3)nc21. The van der Waals surface area contributed by atoms with Gasteiger partial charge in [-0.3, -0.25) is 0 Å². The highest BCUT2D eigenvalue weighted by molar-refractivity contribution is 7.12. The fraction of sp³-hybridized carbons (Fsp3) is 0.750. The van der Waals surface area contributed by atoms with Crippen molar-refractivity contribution < 1.29 is 0 Å². The van der Waals surface area contributed by atoms with Crippen molar-refractivity contribution in [1.29, 1.82) is 0 Å². The van der Waals surface area contributed by atoms with Gasteiger partial charge in [0.25, 0.3) is 0 Å². The van der Waals surface area contributed by atoms with E-state index in [-0.39, 0.29) is 0 Å². The van der Waals surface area contributed by atoms with E-state index in [0.717, 1.165) is 0 Å². The first kappa shape index (κ1) is 9.79. The number of aromatic nitrogens is 1. The smallest absolute Gasteiger partial charge is 0.0990 e. The van der Waals surface area contributed by atoms with Crippen molar-refractivity contribution in [3.05, 3.63) is 15.6 Å². The summed E-state index contributed by atoms with van der Waals surface area (Å²) in [6.07, 6.45) is 6.49. The van der Waals surface area contributed by atoms with Crippen molar-refractivity contribution in [2.24, 2.45) is 0 Å². The van der Waals surface area contributed by atoms with Gasteiger partial charge in [0.1, 0.15) is 0 Å². The van der Waals surface area contributed by atoms with E-state index in [1.54, 1.807) is 4.88 Å². The van der Waals surface area contributed by atoms with Crippen LogP contribution >= 0.6 is 11.3 Å². The Kier molecular flexibility index (Phi) is 2.15. The third kappa shape index (κ3) is 1.53. The maximum atomic E-state index is 4.89. The van der Waals surface area contributed by atoms with Crippen LogP contribution in [0.15, 0.2) is 0 Å². The molecule has 3 rings (SSSR count). The fourth-order valence-electron chi connectivity index (χ4n) is 2.36. The van der Waals surface area contributed by atoms with E-state index >= 15 is 0 Å². The summed E-state index contributed by atoms with van der Waals surface area (Å²) in [4.78, 5) is 6.44. The van der Waals surface area contributed by atoms with Crippen LogP contribution in [-0.4, -0.2) is 12.0 Å². The van der Waals surface area contributed by atoms with Crippen molar-refractivity contribution in [2.45, 2.75) is 50.5 Å². The molecule has 3 heteroatoms. The zero-order chi connectivity index (χ0) is 10.5. The van der Waals surface area contributed by atoms with E-state index in [2.05, 4.69) is 19.3 Å². The zero-order valence-corrected chi connectivity index (χ0v) is 10.3. The van der Waals surface area contributed by atoms with Gasteiger partial charge in [0, 0.05) is 10.3 Å². The van der Waals surface area contributed by atoms with Crippen LogP contribution in [0.5, 0.6) is 0 Å². The molecule has 15 heavy (non-hydrogen) atoms. The molecule has 2 aliphatic rings. The predicted octanol–water partition coefficient (Wildman–Crippen LogP) is 2.79. The number of rotatable bonds is 2. The molecule has 1 fully saturated rings. The maximum Gasteiger partial charge on any atom is 0.0990 e. The normalized spacial score (nSPS) is 27.5. The van der Waals surface area contributed by atoms with Gasteiger partial charge < -0.3 is 5.32 Å². The number of nitrogens with zero attached hydrogens (tertiary/aromatic N) is 1. The molecule has 2 aliphatic carbocycles. The van der Waals surface area contributed by atoms with Crippen LogP contribution in [0, 0.1) is 0 Å². The molecule has 1 aromatic rings. The molecule has 1 unspecified atom stereocenters. The molecule has 0 spiro atoms. The minimum atomic E-state index is 0.445. The standard InChI is InChI=1S/C12H18N2S/c1-12(6-7-12)11-14-10-8(13-2)4-3-5-9(10)15-11/h8,13H,3-7H2,1-2H3. The fourth-order valence-corrected chi connectivity index (χ4v) is 3.73. The van der Waals surface area contributed by atoms with Gasteiger partial charge in [-0.2, -0.15) is 0 Å². The average molecular weight is 222 g/mol. The van der Waals surface area contributed by atoms with Crippen molar-refractivity contribution in [3.8, 4) is 0 Å². The van der Waals surface area contributed by atoms with Gasteiger partial charge in [0.2, 0.25) is 0 Å². The van der Waals surface area contributed by atoms with Crippen molar-refractivity contribution in [3.63, 3.8) is 0 Å².